The Labute approximate surface area is 181 Å². The van der Waals surface area contributed by atoms with E-state index in [1.165, 1.54) is 16.9 Å². The lowest BCUT2D eigenvalue weighted by molar-refractivity contribution is -0.123. The fraction of sp³-hybridized carbons (Fsp3) is 0.458. The molecule has 1 aromatic heterocycles. The number of ketones is 2. The molecule has 2 unspecified atom stereocenters. The fourth-order valence-corrected chi connectivity index (χ4v) is 4.96. The zero-order chi connectivity index (χ0) is 21.1. The molecule has 0 radical (unpaired) electrons. The van der Waals surface area contributed by atoms with Crippen LogP contribution >= 0.6 is 11.3 Å². The van der Waals surface area contributed by atoms with E-state index >= 15 is 0 Å². The number of aromatic nitrogens is 1. The summed E-state index contributed by atoms with van der Waals surface area (Å²) in [6.45, 7) is 5.78. The molecule has 2 fully saturated rings. The maximum atomic E-state index is 13.1. The number of rotatable bonds is 5. The first kappa shape index (κ1) is 20.9. The number of thiazole rings is 1. The average molecular weight is 426 g/mol. The van der Waals surface area contributed by atoms with E-state index in [-0.39, 0.29) is 18.0 Å². The Bertz CT molecular complexity index is 952. The van der Waals surface area contributed by atoms with Gasteiger partial charge in [-0.25, -0.2) is 4.98 Å². The molecule has 0 amide bonds. The van der Waals surface area contributed by atoms with E-state index < -0.39 is 5.92 Å². The number of Topliss-reactive ketones (excluding diaryl/α,β-unsaturated/α-hetero) is 2. The Morgan fingerprint density at radius 3 is 2.77 bits per heavy atom. The third-order valence-electron chi connectivity index (χ3n) is 5.73. The van der Waals surface area contributed by atoms with Crippen LogP contribution in [0.3, 0.4) is 0 Å². The van der Waals surface area contributed by atoms with Gasteiger partial charge in [0.1, 0.15) is 23.3 Å². The summed E-state index contributed by atoms with van der Waals surface area (Å²) in [6.07, 6.45) is 5.15. The molecule has 1 aliphatic heterocycles. The second-order valence-corrected chi connectivity index (χ2v) is 9.37. The third kappa shape index (κ3) is 4.71. The van der Waals surface area contributed by atoms with E-state index in [9.17, 15) is 9.59 Å². The number of carbonyl (C=O) groups excluding carboxylic acids is 2. The van der Waals surface area contributed by atoms with Crippen LogP contribution in [0.25, 0.3) is 0 Å². The van der Waals surface area contributed by atoms with Crippen LogP contribution in [0.5, 0.6) is 5.75 Å². The number of hydrogen-bond acceptors (Lipinski definition) is 6. The van der Waals surface area contributed by atoms with Crippen molar-refractivity contribution in [3.8, 4) is 5.75 Å². The van der Waals surface area contributed by atoms with Gasteiger partial charge in [0.15, 0.2) is 11.6 Å². The van der Waals surface area contributed by atoms with Gasteiger partial charge in [0.05, 0.1) is 5.69 Å². The maximum absolute atomic E-state index is 13.1. The molecule has 1 aromatic carbocycles. The first-order valence-electron chi connectivity index (χ1n) is 10.5. The van der Waals surface area contributed by atoms with E-state index in [1.54, 1.807) is 0 Å². The summed E-state index contributed by atoms with van der Waals surface area (Å²) in [6, 6.07) is 7.85. The quantitative estimate of drug-likeness (QED) is 0.513. The molecular formula is C24H27NO4S. The third-order valence-corrected chi connectivity index (χ3v) is 6.69. The molecule has 5 nitrogen and oxygen atoms in total. The monoisotopic (exact) mass is 425 g/mol. The minimum Gasteiger partial charge on any atom is -0.486 e. The Kier molecular flexibility index (Phi) is 6.44. The highest BCUT2D eigenvalue weighted by Crippen LogP contribution is 2.36. The smallest absolute Gasteiger partial charge is 0.175 e. The Balaban J connectivity index is 1.47. The molecule has 0 bridgehead atoms. The van der Waals surface area contributed by atoms with E-state index in [0.717, 1.165) is 48.1 Å². The molecule has 1 aliphatic carbocycles. The van der Waals surface area contributed by atoms with Crippen molar-refractivity contribution in [2.24, 2.45) is 5.92 Å². The van der Waals surface area contributed by atoms with Crippen LogP contribution in [-0.2, 0) is 20.9 Å². The number of nitrogens with zero attached hydrogens (tertiary/aromatic N) is 1. The van der Waals surface area contributed by atoms with Crippen molar-refractivity contribution in [2.45, 2.75) is 52.1 Å². The molecule has 0 spiro atoms. The first-order valence-corrected chi connectivity index (χ1v) is 11.3. The van der Waals surface area contributed by atoms with E-state index in [2.05, 4.69) is 4.98 Å². The average Bonchev–Trinajstić information content (AvgIpc) is 3.07. The molecule has 0 N–H and O–H groups in total. The normalized spacial score (nSPS) is 23.7. The topological polar surface area (TPSA) is 65.5 Å². The van der Waals surface area contributed by atoms with Crippen LogP contribution in [0.1, 0.15) is 52.7 Å². The van der Waals surface area contributed by atoms with Crippen molar-refractivity contribution in [1.29, 1.82) is 0 Å². The summed E-state index contributed by atoms with van der Waals surface area (Å²) in [7, 11) is 0. The van der Waals surface area contributed by atoms with Crippen LogP contribution in [-0.4, -0.2) is 29.8 Å². The highest BCUT2D eigenvalue weighted by Gasteiger charge is 2.41. The summed E-state index contributed by atoms with van der Waals surface area (Å²) in [5, 5.41) is 0.780. The Morgan fingerprint density at radius 1 is 1.17 bits per heavy atom. The lowest BCUT2D eigenvalue weighted by Crippen LogP contribution is -2.14. The van der Waals surface area contributed by atoms with E-state index in [0.29, 0.717) is 23.8 Å². The summed E-state index contributed by atoms with van der Waals surface area (Å²) in [5.74, 6) is 0.205. The molecule has 1 saturated carbocycles. The van der Waals surface area contributed by atoms with E-state index in [4.69, 9.17) is 9.47 Å². The molecule has 30 heavy (non-hydrogen) atoms. The van der Waals surface area contributed by atoms with Crippen molar-refractivity contribution in [2.75, 3.05) is 13.2 Å². The highest BCUT2D eigenvalue weighted by molar-refractivity contribution is 7.11. The van der Waals surface area contributed by atoms with Gasteiger partial charge >= 0.3 is 0 Å². The number of hydrogen-bond donors (Lipinski definition) is 0. The van der Waals surface area contributed by atoms with Crippen LogP contribution < -0.4 is 4.74 Å². The number of allylic oxidation sites excluding steroid dienone is 2. The summed E-state index contributed by atoms with van der Waals surface area (Å²) in [4.78, 5) is 31.3. The number of benzene rings is 1. The van der Waals surface area contributed by atoms with Crippen LogP contribution in [0.2, 0.25) is 0 Å². The number of carbonyl (C=O) groups is 2. The molecule has 4 rings (SSSR count). The van der Waals surface area contributed by atoms with Gasteiger partial charge in [-0.3, -0.25) is 9.59 Å². The minimum atomic E-state index is -0.761. The van der Waals surface area contributed by atoms with Crippen LogP contribution in [0.4, 0.5) is 0 Å². The molecule has 2 aromatic rings. The second kappa shape index (κ2) is 9.23. The zero-order valence-electron chi connectivity index (χ0n) is 17.5. The fourth-order valence-electron chi connectivity index (χ4n) is 4.08. The lowest BCUT2D eigenvalue weighted by atomic mass is 9.95. The first-order chi connectivity index (χ1) is 14.5. The van der Waals surface area contributed by atoms with E-state index in [1.807, 2.05) is 44.2 Å². The minimum absolute atomic E-state index is 0.0458. The molecule has 158 valence electrons. The van der Waals surface area contributed by atoms with Crippen molar-refractivity contribution in [1.82, 2.24) is 4.98 Å². The lowest BCUT2D eigenvalue weighted by Gasteiger charge is -2.09. The molecule has 2 heterocycles. The van der Waals surface area contributed by atoms with Gasteiger partial charge in [-0.1, -0.05) is 23.8 Å². The zero-order valence-corrected chi connectivity index (χ0v) is 18.3. The highest BCUT2D eigenvalue weighted by atomic mass is 32.1. The number of ether oxygens (including phenoxy) is 2. The van der Waals surface area contributed by atoms with Crippen LogP contribution in [0, 0.1) is 19.8 Å². The predicted molar refractivity (Wildman–Crippen MR) is 116 cm³/mol. The SMILES string of the molecule is Cc1ccc(OCc2nc(C3C(=O)C/C(=C\C4CCCOCC4)C3=O)c(C)s2)cc1. The van der Waals surface area contributed by atoms with Gasteiger partial charge in [-0.15, -0.1) is 11.3 Å². The van der Waals surface area contributed by atoms with Crippen molar-refractivity contribution < 1.29 is 19.1 Å². The molecule has 2 aliphatic rings. The number of aryl methyl sites for hydroxylation is 2. The van der Waals surface area contributed by atoms with Crippen LogP contribution in [0.15, 0.2) is 35.9 Å². The molecular weight excluding hydrogens is 398 g/mol. The summed E-state index contributed by atoms with van der Waals surface area (Å²) in [5.41, 5.74) is 2.43. The maximum Gasteiger partial charge on any atom is 0.175 e. The largest absolute Gasteiger partial charge is 0.486 e. The van der Waals surface area contributed by atoms with Crippen molar-refractivity contribution in [3.05, 3.63) is 57.1 Å². The Morgan fingerprint density at radius 2 is 1.97 bits per heavy atom. The van der Waals surface area contributed by atoms with Gasteiger partial charge in [-0.05, 0) is 56.7 Å². The van der Waals surface area contributed by atoms with Crippen molar-refractivity contribution >= 4 is 22.9 Å². The van der Waals surface area contributed by atoms with Gasteiger partial charge in [-0.2, -0.15) is 0 Å². The van der Waals surface area contributed by atoms with Gasteiger partial charge in [0.2, 0.25) is 0 Å². The second-order valence-electron chi connectivity index (χ2n) is 8.09. The molecule has 2 atom stereocenters. The standard InChI is InChI=1S/C24H27NO4S/c1-15-5-7-19(8-6-15)29-14-21-25-23(16(2)30-21)22-20(26)13-18(24(22)27)12-17-4-3-10-28-11-9-17/h5-8,12,17,22H,3-4,9-11,13-14H2,1-2H3/b18-12+. The Hall–Kier alpha value is -2.31. The molecule has 6 heteroatoms. The summed E-state index contributed by atoms with van der Waals surface area (Å²) < 4.78 is 11.3. The van der Waals surface area contributed by atoms with Gasteiger partial charge < -0.3 is 9.47 Å². The van der Waals surface area contributed by atoms with Crippen molar-refractivity contribution in [3.63, 3.8) is 0 Å². The predicted octanol–water partition coefficient (Wildman–Crippen LogP) is 4.71. The van der Waals surface area contributed by atoms with Gasteiger partial charge in [0, 0.05) is 24.5 Å². The summed E-state index contributed by atoms with van der Waals surface area (Å²) >= 11 is 1.49. The van der Waals surface area contributed by atoms with Gasteiger partial charge in [0.25, 0.3) is 0 Å². The molecule has 1 saturated heterocycles.